The van der Waals surface area contributed by atoms with Gasteiger partial charge in [0.15, 0.2) is 11.5 Å². The second kappa shape index (κ2) is 7.31. The van der Waals surface area contributed by atoms with Gasteiger partial charge in [0.1, 0.15) is 10.8 Å². The second-order valence-corrected chi connectivity index (χ2v) is 5.98. The van der Waals surface area contributed by atoms with E-state index in [1.807, 2.05) is 12.1 Å². The smallest absolute Gasteiger partial charge is 0.205 e. The van der Waals surface area contributed by atoms with Crippen molar-refractivity contribution in [2.45, 2.75) is 26.3 Å². The largest absolute Gasteiger partial charge is 0.496 e. The molecule has 0 radical (unpaired) electrons. The van der Waals surface area contributed by atoms with E-state index in [2.05, 4.69) is 29.4 Å². The van der Waals surface area contributed by atoms with E-state index in [-0.39, 0.29) is 0 Å². The molecule has 0 atom stereocenters. The molecule has 2 aromatic rings. The molecule has 0 aliphatic carbocycles. The SMILES string of the molecule is COc1cc(OC)c(OC)cc1CNc1nnc(C(C)C)s1. The lowest BCUT2D eigenvalue weighted by molar-refractivity contribution is 0.347. The van der Waals surface area contributed by atoms with Crippen molar-refractivity contribution in [2.75, 3.05) is 26.6 Å². The van der Waals surface area contributed by atoms with Crippen molar-refractivity contribution in [1.82, 2.24) is 10.2 Å². The van der Waals surface area contributed by atoms with Crippen LogP contribution in [0.4, 0.5) is 5.13 Å². The van der Waals surface area contributed by atoms with Gasteiger partial charge in [-0.05, 0) is 6.07 Å². The average Bonchev–Trinajstić information content (AvgIpc) is 3.01. The zero-order valence-electron chi connectivity index (χ0n) is 13.5. The highest BCUT2D eigenvalue weighted by Crippen LogP contribution is 2.35. The molecule has 1 N–H and O–H groups in total. The molecule has 2 rings (SSSR count). The van der Waals surface area contributed by atoms with Gasteiger partial charge in [0.2, 0.25) is 5.13 Å². The van der Waals surface area contributed by atoms with Crippen molar-refractivity contribution in [1.29, 1.82) is 0 Å². The first-order valence-electron chi connectivity index (χ1n) is 6.95. The third-order valence-corrected chi connectivity index (χ3v) is 4.33. The predicted octanol–water partition coefficient (Wildman–Crippen LogP) is 3.30. The molecule has 0 unspecified atom stereocenters. The number of methoxy groups -OCH3 is 3. The van der Waals surface area contributed by atoms with E-state index < -0.39 is 0 Å². The topological polar surface area (TPSA) is 65.5 Å². The molecular weight excluding hydrogens is 302 g/mol. The Morgan fingerprint density at radius 3 is 2.18 bits per heavy atom. The van der Waals surface area contributed by atoms with Crippen LogP contribution >= 0.6 is 11.3 Å². The van der Waals surface area contributed by atoms with Crippen LogP contribution in [0.1, 0.15) is 30.3 Å². The molecule has 7 heteroatoms. The standard InChI is InChI=1S/C15H21N3O3S/c1-9(2)14-17-18-15(22-14)16-8-10-6-12(20-4)13(21-5)7-11(10)19-3/h6-7,9H,8H2,1-5H3,(H,16,18). The average molecular weight is 323 g/mol. The summed E-state index contributed by atoms with van der Waals surface area (Å²) in [6.45, 7) is 4.76. The van der Waals surface area contributed by atoms with Crippen molar-refractivity contribution < 1.29 is 14.2 Å². The first-order valence-corrected chi connectivity index (χ1v) is 7.76. The minimum Gasteiger partial charge on any atom is -0.496 e. The summed E-state index contributed by atoms with van der Waals surface area (Å²) in [5.41, 5.74) is 0.960. The van der Waals surface area contributed by atoms with Crippen LogP contribution in [0.5, 0.6) is 17.2 Å². The second-order valence-electron chi connectivity index (χ2n) is 4.97. The van der Waals surface area contributed by atoms with Crippen LogP contribution in [0.25, 0.3) is 0 Å². The minimum absolute atomic E-state index is 0.378. The van der Waals surface area contributed by atoms with Crippen molar-refractivity contribution in [3.63, 3.8) is 0 Å². The van der Waals surface area contributed by atoms with Crippen LogP contribution in [-0.2, 0) is 6.54 Å². The normalized spacial score (nSPS) is 10.6. The number of anilines is 1. The molecule has 120 valence electrons. The number of hydrogen-bond donors (Lipinski definition) is 1. The summed E-state index contributed by atoms with van der Waals surface area (Å²) in [5.74, 6) is 2.42. The highest BCUT2D eigenvalue weighted by molar-refractivity contribution is 7.15. The lowest BCUT2D eigenvalue weighted by Crippen LogP contribution is -2.03. The molecule has 0 fully saturated rings. The molecule has 0 bridgehead atoms. The highest BCUT2D eigenvalue weighted by atomic mass is 32.1. The zero-order valence-corrected chi connectivity index (χ0v) is 14.3. The fourth-order valence-corrected chi connectivity index (χ4v) is 2.68. The Morgan fingerprint density at radius 1 is 1.00 bits per heavy atom. The molecule has 0 spiro atoms. The van der Waals surface area contributed by atoms with Crippen LogP contribution in [0.3, 0.4) is 0 Å². The molecule has 22 heavy (non-hydrogen) atoms. The minimum atomic E-state index is 0.378. The van der Waals surface area contributed by atoms with E-state index in [1.54, 1.807) is 32.7 Å². The number of ether oxygens (including phenoxy) is 3. The van der Waals surface area contributed by atoms with E-state index in [0.717, 1.165) is 21.5 Å². The van der Waals surface area contributed by atoms with Gasteiger partial charge in [-0.3, -0.25) is 0 Å². The van der Waals surface area contributed by atoms with E-state index in [1.165, 1.54) is 0 Å². The lowest BCUT2D eigenvalue weighted by atomic mass is 10.1. The molecule has 0 amide bonds. The molecular formula is C15H21N3O3S. The Morgan fingerprint density at radius 2 is 1.64 bits per heavy atom. The number of rotatable bonds is 7. The van der Waals surface area contributed by atoms with E-state index in [9.17, 15) is 0 Å². The maximum Gasteiger partial charge on any atom is 0.205 e. The number of nitrogens with one attached hydrogen (secondary N) is 1. The van der Waals surface area contributed by atoms with Gasteiger partial charge in [-0.25, -0.2) is 0 Å². The van der Waals surface area contributed by atoms with Gasteiger partial charge >= 0.3 is 0 Å². The Hall–Kier alpha value is -2.02. The molecule has 1 aromatic carbocycles. The monoisotopic (exact) mass is 323 g/mol. The van der Waals surface area contributed by atoms with E-state index >= 15 is 0 Å². The van der Waals surface area contributed by atoms with Crippen LogP contribution in [0.2, 0.25) is 0 Å². The van der Waals surface area contributed by atoms with Gasteiger partial charge in [0.25, 0.3) is 0 Å². The molecule has 0 aliphatic rings. The third kappa shape index (κ3) is 3.59. The summed E-state index contributed by atoms with van der Waals surface area (Å²) in [6, 6.07) is 3.71. The fraction of sp³-hybridized carbons (Fsp3) is 0.467. The molecule has 1 aromatic heterocycles. The molecule has 1 heterocycles. The zero-order chi connectivity index (χ0) is 16.1. The van der Waals surface area contributed by atoms with E-state index in [4.69, 9.17) is 14.2 Å². The van der Waals surface area contributed by atoms with Gasteiger partial charge in [0, 0.05) is 24.1 Å². The van der Waals surface area contributed by atoms with Crippen LogP contribution in [-0.4, -0.2) is 31.5 Å². The van der Waals surface area contributed by atoms with Gasteiger partial charge < -0.3 is 19.5 Å². The van der Waals surface area contributed by atoms with Crippen molar-refractivity contribution in [2.24, 2.45) is 0 Å². The summed E-state index contributed by atoms with van der Waals surface area (Å²) in [7, 11) is 4.84. The third-order valence-electron chi connectivity index (χ3n) is 3.15. The molecule has 0 saturated carbocycles. The number of hydrogen-bond acceptors (Lipinski definition) is 7. The van der Waals surface area contributed by atoms with Gasteiger partial charge in [-0.1, -0.05) is 25.2 Å². The maximum absolute atomic E-state index is 5.41. The maximum atomic E-state index is 5.41. The van der Waals surface area contributed by atoms with Crippen LogP contribution < -0.4 is 19.5 Å². The fourth-order valence-electron chi connectivity index (χ4n) is 1.94. The van der Waals surface area contributed by atoms with Gasteiger partial charge in [-0.15, -0.1) is 10.2 Å². The molecule has 0 saturated heterocycles. The number of nitrogens with zero attached hydrogens (tertiary/aromatic N) is 2. The Bertz CT molecular complexity index is 628. The number of aromatic nitrogens is 2. The summed E-state index contributed by atoms with van der Waals surface area (Å²) >= 11 is 1.56. The summed E-state index contributed by atoms with van der Waals surface area (Å²) < 4.78 is 16.0. The Balaban J connectivity index is 2.17. The first kappa shape index (κ1) is 16.4. The molecule has 0 aliphatic heterocycles. The van der Waals surface area contributed by atoms with Crippen molar-refractivity contribution >= 4 is 16.5 Å². The summed E-state index contributed by atoms with van der Waals surface area (Å²) in [6.07, 6.45) is 0. The lowest BCUT2D eigenvalue weighted by Gasteiger charge is -2.14. The van der Waals surface area contributed by atoms with Gasteiger partial charge in [0.05, 0.1) is 21.3 Å². The van der Waals surface area contributed by atoms with Crippen LogP contribution in [0.15, 0.2) is 12.1 Å². The quantitative estimate of drug-likeness (QED) is 0.843. The van der Waals surface area contributed by atoms with Crippen molar-refractivity contribution in [3.8, 4) is 17.2 Å². The number of benzene rings is 1. The summed E-state index contributed by atoms with van der Waals surface area (Å²) in [5, 5.41) is 13.4. The molecule has 6 nitrogen and oxygen atoms in total. The highest BCUT2D eigenvalue weighted by Gasteiger charge is 2.13. The predicted molar refractivity (Wildman–Crippen MR) is 87.4 cm³/mol. The first-order chi connectivity index (χ1) is 10.6. The summed E-state index contributed by atoms with van der Waals surface area (Å²) in [4.78, 5) is 0. The van der Waals surface area contributed by atoms with Crippen LogP contribution in [0, 0.1) is 0 Å². The van der Waals surface area contributed by atoms with E-state index in [0.29, 0.717) is 24.0 Å². The Kier molecular flexibility index (Phi) is 5.43. The Labute approximate surface area is 134 Å². The van der Waals surface area contributed by atoms with Crippen molar-refractivity contribution in [3.05, 3.63) is 22.7 Å². The van der Waals surface area contributed by atoms with Gasteiger partial charge in [-0.2, -0.15) is 0 Å².